The van der Waals surface area contributed by atoms with Gasteiger partial charge in [0.25, 0.3) is 0 Å². The molecule has 1 aromatic heterocycles. The summed E-state index contributed by atoms with van der Waals surface area (Å²) in [5.74, 6) is 0.689. The molecule has 2 heterocycles. The van der Waals surface area contributed by atoms with Gasteiger partial charge in [0.1, 0.15) is 5.60 Å². The number of amides is 1. The monoisotopic (exact) mass is 356 g/mol. The molecule has 1 saturated heterocycles. The highest BCUT2D eigenvalue weighted by Gasteiger charge is 2.31. The smallest absolute Gasteiger partial charge is 0.410 e. The van der Waals surface area contributed by atoms with E-state index in [1.807, 2.05) is 27.7 Å². The predicted molar refractivity (Wildman–Crippen MR) is 84.3 cm³/mol. The number of carbonyl (C=O) groups is 1. The van der Waals surface area contributed by atoms with Crippen LogP contribution in [-0.2, 0) is 4.74 Å². The van der Waals surface area contributed by atoms with Crippen LogP contribution in [0.4, 0.5) is 10.7 Å². The van der Waals surface area contributed by atoms with E-state index in [9.17, 15) is 4.79 Å². The molecule has 6 nitrogen and oxygen atoms in total. The Morgan fingerprint density at radius 2 is 1.95 bits per heavy atom. The van der Waals surface area contributed by atoms with E-state index >= 15 is 0 Å². The number of piperazine rings is 1. The number of rotatable bonds is 1. The summed E-state index contributed by atoms with van der Waals surface area (Å²) in [5, 5.41) is 0. The van der Waals surface area contributed by atoms with E-state index in [1.54, 1.807) is 17.3 Å². The van der Waals surface area contributed by atoms with Gasteiger partial charge >= 0.3 is 6.09 Å². The first-order chi connectivity index (χ1) is 9.76. The maximum Gasteiger partial charge on any atom is 0.410 e. The lowest BCUT2D eigenvalue weighted by Crippen LogP contribution is -2.55. The van der Waals surface area contributed by atoms with E-state index in [2.05, 4.69) is 30.8 Å². The number of nitrogens with zero attached hydrogens (tertiary/aromatic N) is 4. The van der Waals surface area contributed by atoms with Crippen LogP contribution >= 0.6 is 15.9 Å². The molecule has 1 fully saturated rings. The van der Waals surface area contributed by atoms with E-state index in [4.69, 9.17) is 4.74 Å². The van der Waals surface area contributed by atoms with Gasteiger partial charge in [-0.05, 0) is 43.6 Å². The molecule has 7 heteroatoms. The van der Waals surface area contributed by atoms with Crippen LogP contribution in [-0.4, -0.2) is 52.2 Å². The lowest BCUT2D eigenvalue weighted by molar-refractivity contribution is 0.0158. The van der Waals surface area contributed by atoms with Crippen molar-refractivity contribution < 1.29 is 9.53 Å². The molecule has 0 unspecified atom stereocenters. The molecule has 116 valence electrons. The van der Waals surface area contributed by atoms with Crippen molar-refractivity contribution in [1.29, 1.82) is 0 Å². The van der Waals surface area contributed by atoms with Gasteiger partial charge < -0.3 is 14.5 Å². The molecule has 0 bridgehead atoms. The van der Waals surface area contributed by atoms with Crippen LogP contribution in [0.2, 0.25) is 0 Å². The summed E-state index contributed by atoms with van der Waals surface area (Å²) < 4.78 is 6.29. The summed E-state index contributed by atoms with van der Waals surface area (Å²) in [6.45, 7) is 9.64. The third kappa shape index (κ3) is 4.30. The Morgan fingerprint density at radius 1 is 1.33 bits per heavy atom. The Labute approximate surface area is 133 Å². The normalized spacial score (nSPS) is 19.6. The molecule has 0 radical (unpaired) electrons. The van der Waals surface area contributed by atoms with Crippen LogP contribution in [0.15, 0.2) is 16.9 Å². The molecule has 0 N–H and O–H groups in total. The molecule has 0 spiro atoms. The molecule has 1 aromatic rings. The first-order valence-electron chi connectivity index (χ1n) is 6.98. The SMILES string of the molecule is C[C@H]1CN(c2ncc(Br)cn2)CCN1C(=O)OC(C)(C)C. The lowest BCUT2D eigenvalue weighted by Gasteiger charge is -2.40. The maximum absolute atomic E-state index is 12.2. The van der Waals surface area contributed by atoms with Crippen LogP contribution in [0.25, 0.3) is 0 Å². The van der Waals surface area contributed by atoms with Crippen LogP contribution in [0.3, 0.4) is 0 Å². The van der Waals surface area contributed by atoms with Crippen LogP contribution in [0.5, 0.6) is 0 Å². The second-order valence-corrected chi connectivity index (χ2v) is 7.09. The molecule has 2 rings (SSSR count). The van der Waals surface area contributed by atoms with Gasteiger partial charge in [0, 0.05) is 38.1 Å². The largest absolute Gasteiger partial charge is 0.444 e. The molecular weight excluding hydrogens is 336 g/mol. The molecule has 1 amide bonds. The van der Waals surface area contributed by atoms with Gasteiger partial charge in [0.2, 0.25) is 5.95 Å². The summed E-state index contributed by atoms with van der Waals surface area (Å²) in [5.41, 5.74) is -0.469. The summed E-state index contributed by atoms with van der Waals surface area (Å²) in [4.78, 5) is 24.6. The predicted octanol–water partition coefficient (Wildman–Crippen LogP) is 2.68. The molecule has 21 heavy (non-hydrogen) atoms. The third-order valence-electron chi connectivity index (χ3n) is 3.15. The number of halogens is 1. The van der Waals surface area contributed by atoms with Crippen molar-refractivity contribution in [1.82, 2.24) is 14.9 Å². The first-order valence-corrected chi connectivity index (χ1v) is 7.78. The zero-order valence-corrected chi connectivity index (χ0v) is 14.4. The van der Waals surface area contributed by atoms with Gasteiger partial charge in [0.15, 0.2) is 0 Å². The summed E-state index contributed by atoms with van der Waals surface area (Å²) >= 11 is 3.32. The molecule has 0 aliphatic carbocycles. The number of anilines is 1. The summed E-state index contributed by atoms with van der Waals surface area (Å²) in [6, 6.07) is 0.0563. The fraction of sp³-hybridized carbons (Fsp3) is 0.643. The van der Waals surface area contributed by atoms with Gasteiger partial charge in [-0.2, -0.15) is 0 Å². The van der Waals surface area contributed by atoms with Gasteiger partial charge in [0.05, 0.1) is 4.47 Å². The molecule has 0 aromatic carbocycles. The Hall–Kier alpha value is -1.37. The number of ether oxygens (including phenoxy) is 1. The van der Waals surface area contributed by atoms with Gasteiger partial charge in [-0.1, -0.05) is 0 Å². The van der Waals surface area contributed by atoms with E-state index in [1.165, 1.54) is 0 Å². The number of hydrogen-bond acceptors (Lipinski definition) is 5. The average molecular weight is 357 g/mol. The topological polar surface area (TPSA) is 58.6 Å². The van der Waals surface area contributed by atoms with Crippen LogP contribution < -0.4 is 4.90 Å². The summed E-state index contributed by atoms with van der Waals surface area (Å²) in [6.07, 6.45) is 3.20. The minimum Gasteiger partial charge on any atom is -0.444 e. The highest BCUT2D eigenvalue weighted by molar-refractivity contribution is 9.10. The fourth-order valence-corrected chi connectivity index (χ4v) is 2.40. The second kappa shape index (κ2) is 6.17. The van der Waals surface area contributed by atoms with Gasteiger partial charge in [-0.3, -0.25) is 0 Å². The minimum atomic E-state index is -0.469. The van der Waals surface area contributed by atoms with E-state index < -0.39 is 5.60 Å². The zero-order chi connectivity index (χ0) is 15.6. The standard InChI is InChI=1S/C14H21BrN4O2/c1-10-9-18(12-16-7-11(15)8-17-12)5-6-19(10)13(20)21-14(2,3)4/h7-8,10H,5-6,9H2,1-4H3/t10-/m0/s1. The first kappa shape index (κ1) is 16.0. The molecule has 1 aliphatic heterocycles. The lowest BCUT2D eigenvalue weighted by atomic mass is 10.2. The quantitative estimate of drug-likeness (QED) is 0.774. The molecule has 1 aliphatic rings. The maximum atomic E-state index is 12.2. The van der Waals surface area contributed by atoms with E-state index in [0.717, 1.165) is 4.47 Å². The number of aromatic nitrogens is 2. The Morgan fingerprint density at radius 3 is 2.48 bits per heavy atom. The van der Waals surface area contributed by atoms with Crippen molar-refractivity contribution in [3.05, 3.63) is 16.9 Å². The van der Waals surface area contributed by atoms with E-state index in [0.29, 0.717) is 25.6 Å². The molecular formula is C14H21BrN4O2. The van der Waals surface area contributed by atoms with Crippen molar-refractivity contribution in [3.8, 4) is 0 Å². The minimum absolute atomic E-state index is 0.0563. The van der Waals surface area contributed by atoms with Crippen molar-refractivity contribution in [3.63, 3.8) is 0 Å². The molecule has 1 atom stereocenters. The Kier molecular flexibility index (Phi) is 4.70. The fourth-order valence-electron chi connectivity index (χ4n) is 2.20. The average Bonchev–Trinajstić information content (AvgIpc) is 2.37. The number of hydrogen-bond donors (Lipinski definition) is 0. The highest BCUT2D eigenvalue weighted by Crippen LogP contribution is 2.19. The zero-order valence-electron chi connectivity index (χ0n) is 12.8. The van der Waals surface area contributed by atoms with Gasteiger partial charge in [-0.25, -0.2) is 14.8 Å². The van der Waals surface area contributed by atoms with Crippen molar-refractivity contribution in [2.24, 2.45) is 0 Å². The van der Waals surface area contributed by atoms with Crippen LogP contribution in [0, 0.1) is 0 Å². The van der Waals surface area contributed by atoms with Crippen molar-refractivity contribution >= 4 is 28.0 Å². The van der Waals surface area contributed by atoms with Crippen molar-refractivity contribution in [2.45, 2.75) is 39.3 Å². The van der Waals surface area contributed by atoms with Crippen LogP contribution in [0.1, 0.15) is 27.7 Å². The Balaban J connectivity index is 1.99. The third-order valence-corrected chi connectivity index (χ3v) is 3.55. The highest BCUT2D eigenvalue weighted by atomic mass is 79.9. The molecule has 0 saturated carbocycles. The number of carbonyl (C=O) groups excluding carboxylic acids is 1. The van der Waals surface area contributed by atoms with Crippen molar-refractivity contribution in [2.75, 3.05) is 24.5 Å². The second-order valence-electron chi connectivity index (χ2n) is 6.17. The summed E-state index contributed by atoms with van der Waals surface area (Å²) in [7, 11) is 0. The Bertz CT molecular complexity index is 501. The van der Waals surface area contributed by atoms with E-state index in [-0.39, 0.29) is 12.1 Å². The van der Waals surface area contributed by atoms with Gasteiger partial charge in [-0.15, -0.1) is 0 Å².